The smallest absolute Gasteiger partial charge is 0.269 e. The second-order valence-corrected chi connectivity index (χ2v) is 5.39. The maximum atomic E-state index is 12.3. The molecule has 0 aliphatic carbocycles. The number of methoxy groups -OCH3 is 1. The standard InChI is InChI=1S/C16H21N3O3/c1-4-16(2,10-20)17-15(21)13-9-12(18-19-13)11-7-5-6-8-14(11)22-3/h5-9,20H,4,10H2,1-3H3,(H,17,21)(H,18,19)/t16-/m1/s1. The number of hydrogen-bond acceptors (Lipinski definition) is 4. The highest BCUT2D eigenvalue weighted by atomic mass is 16.5. The van der Waals surface area contributed by atoms with Crippen LogP contribution >= 0.6 is 0 Å². The van der Waals surface area contributed by atoms with Crippen molar-refractivity contribution in [2.75, 3.05) is 13.7 Å². The van der Waals surface area contributed by atoms with Crippen LogP contribution in [0.3, 0.4) is 0 Å². The molecule has 1 aromatic carbocycles. The van der Waals surface area contributed by atoms with Gasteiger partial charge in [-0.3, -0.25) is 9.89 Å². The predicted octanol–water partition coefficient (Wildman–Crippen LogP) is 1.98. The van der Waals surface area contributed by atoms with Crippen molar-refractivity contribution in [3.8, 4) is 17.0 Å². The lowest BCUT2D eigenvalue weighted by Gasteiger charge is -2.26. The lowest BCUT2D eigenvalue weighted by atomic mass is 10.00. The number of nitrogens with one attached hydrogen (secondary N) is 2. The Bertz CT molecular complexity index is 648. The first-order valence-electron chi connectivity index (χ1n) is 7.15. The fourth-order valence-electron chi connectivity index (χ4n) is 2.01. The molecule has 1 heterocycles. The van der Waals surface area contributed by atoms with Crippen molar-refractivity contribution in [3.63, 3.8) is 0 Å². The lowest BCUT2D eigenvalue weighted by Crippen LogP contribution is -2.48. The summed E-state index contributed by atoms with van der Waals surface area (Å²) in [6.45, 7) is 3.58. The summed E-state index contributed by atoms with van der Waals surface area (Å²) in [5, 5.41) is 19.1. The molecule has 0 spiro atoms. The number of carbonyl (C=O) groups excluding carboxylic acids is 1. The molecular weight excluding hydrogens is 282 g/mol. The number of carbonyl (C=O) groups is 1. The summed E-state index contributed by atoms with van der Waals surface area (Å²) in [5.74, 6) is 0.391. The molecule has 1 aromatic heterocycles. The number of aliphatic hydroxyl groups is 1. The summed E-state index contributed by atoms with van der Waals surface area (Å²) in [5.41, 5.74) is 1.13. The first kappa shape index (κ1) is 16.0. The van der Waals surface area contributed by atoms with Gasteiger partial charge in [-0.25, -0.2) is 0 Å². The zero-order valence-corrected chi connectivity index (χ0v) is 13.0. The van der Waals surface area contributed by atoms with Crippen LogP contribution in [0, 0.1) is 0 Å². The Kier molecular flexibility index (Phi) is 4.82. The third kappa shape index (κ3) is 3.28. The largest absolute Gasteiger partial charge is 0.496 e. The monoisotopic (exact) mass is 303 g/mol. The lowest BCUT2D eigenvalue weighted by molar-refractivity contribution is 0.0842. The van der Waals surface area contributed by atoms with Gasteiger partial charge in [0.2, 0.25) is 0 Å². The molecule has 6 nitrogen and oxygen atoms in total. The van der Waals surface area contributed by atoms with E-state index >= 15 is 0 Å². The van der Waals surface area contributed by atoms with E-state index in [0.29, 0.717) is 23.6 Å². The first-order chi connectivity index (χ1) is 10.5. The molecule has 2 rings (SSSR count). The van der Waals surface area contributed by atoms with Crippen LogP contribution in [0.4, 0.5) is 0 Å². The number of aromatic amines is 1. The summed E-state index contributed by atoms with van der Waals surface area (Å²) < 4.78 is 5.30. The van der Waals surface area contributed by atoms with E-state index in [2.05, 4.69) is 15.5 Å². The summed E-state index contributed by atoms with van der Waals surface area (Å²) >= 11 is 0. The van der Waals surface area contributed by atoms with Crippen LogP contribution in [0.15, 0.2) is 30.3 Å². The summed E-state index contributed by atoms with van der Waals surface area (Å²) in [6.07, 6.45) is 0.628. The van der Waals surface area contributed by atoms with Gasteiger partial charge in [0.1, 0.15) is 11.4 Å². The maximum absolute atomic E-state index is 12.3. The van der Waals surface area contributed by atoms with Gasteiger partial charge in [0, 0.05) is 5.56 Å². The van der Waals surface area contributed by atoms with Crippen molar-refractivity contribution in [1.82, 2.24) is 15.5 Å². The van der Waals surface area contributed by atoms with Crippen LogP contribution in [-0.2, 0) is 0 Å². The fourth-order valence-corrected chi connectivity index (χ4v) is 2.01. The van der Waals surface area contributed by atoms with Crippen LogP contribution in [0.25, 0.3) is 11.3 Å². The molecule has 2 aromatic rings. The van der Waals surface area contributed by atoms with Crippen molar-refractivity contribution in [2.45, 2.75) is 25.8 Å². The van der Waals surface area contributed by atoms with E-state index in [1.807, 2.05) is 31.2 Å². The number of rotatable bonds is 6. The Morgan fingerprint density at radius 1 is 1.45 bits per heavy atom. The fraction of sp³-hybridized carbons (Fsp3) is 0.375. The summed E-state index contributed by atoms with van der Waals surface area (Å²) in [6, 6.07) is 9.13. The predicted molar refractivity (Wildman–Crippen MR) is 83.8 cm³/mol. The number of H-pyrrole nitrogens is 1. The Balaban J connectivity index is 2.23. The van der Waals surface area contributed by atoms with Gasteiger partial charge in [-0.2, -0.15) is 5.10 Å². The van der Waals surface area contributed by atoms with Crippen molar-refractivity contribution >= 4 is 5.91 Å². The quantitative estimate of drug-likeness (QED) is 0.761. The molecule has 0 saturated heterocycles. The number of amides is 1. The number of para-hydroxylation sites is 1. The average molecular weight is 303 g/mol. The molecule has 118 valence electrons. The Morgan fingerprint density at radius 3 is 2.82 bits per heavy atom. The van der Waals surface area contributed by atoms with Gasteiger partial charge in [-0.05, 0) is 31.5 Å². The molecule has 0 saturated carbocycles. The van der Waals surface area contributed by atoms with Gasteiger partial charge in [0.25, 0.3) is 5.91 Å². The number of nitrogens with zero attached hydrogens (tertiary/aromatic N) is 1. The van der Waals surface area contributed by atoms with Gasteiger partial charge in [-0.15, -0.1) is 0 Å². The normalized spacial score (nSPS) is 13.5. The number of aromatic nitrogens is 2. The molecule has 6 heteroatoms. The van der Waals surface area contributed by atoms with Crippen molar-refractivity contribution in [3.05, 3.63) is 36.0 Å². The highest BCUT2D eigenvalue weighted by molar-refractivity contribution is 5.94. The minimum Gasteiger partial charge on any atom is -0.496 e. The first-order valence-corrected chi connectivity index (χ1v) is 7.15. The Hall–Kier alpha value is -2.34. The molecule has 0 aliphatic heterocycles. The second kappa shape index (κ2) is 6.62. The van der Waals surface area contributed by atoms with Crippen LogP contribution in [0.2, 0.25) is 0 Å². The molecule has 3 N–H and O–H groups in total. The van der Waals surface area contributed by atoms with E-state index in [0.717, 1.165) is 5.56 Å². The Labute approximate surface area is 129 Å². The van der Waals surface area contributed by atoms with E-state index in [9.17, 15) is 9.90 Å². The molecule has 1 atom stereocenters. The van der Waals surface area contributed by atoms with E-state index in [1.54, 1.807) is 20.1 Å². The average Bonchev–Trinajstić information content (AvgIpc) is 3.04. The molecular formula is C16H21N3O3. The van der Waals surface area contributed by atoms with E-state index in [4.69, 9.17) is 4.74 Å². The van der Waals surface area contributed by atoms with Gasteiger partial charge in [-0.1, -0.05) is 19.1 Å². The number of hydrogen-bond donors (Lipinski definition) is 3. The summed E-state index contributed by atoms with van der Waals surface area (Å²) in [7, 11) is 1.59. The van der Waals surface area contributed by atoms with Crippen LogP contribution in [0.1, 0.15) is 30.8 Å². The minimum absolute atomic E-state index is 0.122. The van der Waals surface area contributed by atoms with Crippen LogP contribution in [0.5, 0.6) is 5.75 Å². The van der Waals surface area contributed by atoms with E-state index < -0.39 is 5.54 Å². The molecule has 0 radical (unpaired) electrons. The zero-order chi connectivity index (χ0) is 16.2. The third-order valence-corrected chi connectivity index (χ3v) is 3.75. The maximum Gasteiger partial charge on any atom is 0.269 e. The minimum atomic E-state index is -0.646. The van der Waals surface area contributed by atoms with E-state index in [1.165, 1.54) is 0 Å². The third-order valence-electron chi connectivity index (χ3n) is 3.75. The van der Waals surface area contributed by atoms with Crippen LogP contribution < -0.4 is 10.1 Å². The zero-order valence-electron chi connectivity index (χ0n) is 13.0. The second-order valence-electron chi connectivity index (χ2n) is 5.39. The molecule has 0 unspecified atom stereocenters. The van der Waals surface area contributed by atoms with Crippen molar-refractivity contribution in [2.24, 2.45) is 0 Å². The van der Waals surface area contributed by atoms with Crippen molar-refractivity contribution < 1.29 is 14.6 Å². The summed E-state index contributed by atoms with van der Waals surface area (Å²) in [4.78, 5) is 12.3. The van der Waals surface area contributed by atoms with Gasteiger partial charge in [0.05, 0.1) is 24.9 Å². The Morgan fingerprint density at radius 2 is 2.18 bits per heavy atom. The number of ether oxygens (including phenoxy) is 1. The van der Waals surface area contributed by atoms with Gasteiger partial charge in [0.15, 0.2) is 0 Å². The topological polar surface area (TPSA) is 87.2 Å². The van der Waals surface area contributed by atoms with E-state index in [-0.39, 0.29) is 12.5 Å². The molecule has 22 heavy (non-hydrogen) atoms. The molecule has 1 amide bonds. The molecule has 0 aliphatic rings. The number of benzene rings is 1. The molecule has 0 bridgehead atoms. The SMILES string of the molecule is CC[C@](C)(CO)NC(=O)c1cc(-c2ccccc2OC)n[nH]1. The molecule has 0 fully saturated rings. The van der Waals surface area contributed by atoms with Crippen molar-refractivity contribution in [1.29, 1.82) is 0 Å². The number of aliphatic hydroxyl groups excluding tert-OH is 1. The van der Waals surface area contributed by atoms with Gasteiger partial charge < -0.3 is 15.2 Å². The van der Waals surface area contributed by atoms with Gasteiger partial charge >= 0.3 is 0 Å². The highest BCUT2D eigenvalue weighted by Crippen LogP contribution is 2.28. The highest BCUT2D eigenvalue weighted by Gasteiger charge is 2.25. The van der Waals surface area contributed by atoms with Crippen LogP contribution in [-0.4, -0.2) is 40.5 Å².